The molecule has 0 aromatic carbocycles. The maximum atomic E-state index is 11.1. The molecule has 0 spiro atoms. The molecule has 10 nitrogen and oxygen atoms in total. The largest absolute Gasteiger partial charge is 0.405 e. The molecule has 3 rings (SSSR count). The second-order valence-electron chi connectivity index (χ2n) is 3.62. The lowest BCUT2D eigenvalue weighted by Gasteiger charge is -2.47. The maximum Gasteiger partial charge on any atom is 0.405 e. The zero-order chi connectivity index (χ0) is 13.0. The van der Waals surface area contributed by atoms with Crippen molar-refractivity contribution in [1.82, 2.24) is 0 Å². The SMILES string of the molecule is O=S1(=O)OC(O)[C@H]2O[C@H](O)[C@](O)(O1)[C@@H](O)[C@H]2O. The van der Waals surface area contributed by atoms with Crippen LogP contribution in [0.2, 0.25) is 0 Å². The monoisotopic (exact) mass is 274 g/mol. The van der Waals surface area contributed by atoms with Crippen molar-refractivity contribution in [3.05, 3.63) is 0 Å². The Hall–Kier alpha value is -0.370. The molecule has 17 heavy (non-hydrogen) atoms. The number of aliphatic hydroxyl groups excluding tert-OH is 4. The number of hydrogen-bond donors (Lipinski definition) is 5. The first-order chi connectivity index (χ1) is 7.67. The van der Waals surface area contributed by atoms with Crippen LogP contribution in [0.3, 0.4) is 0 Å². The summed E-state index contributed by atoms with van der Waals surface area (Å²) in [5.41, 5.74) is 0. The lowest BCUT2D eigenvalue weighted by Crippen LogP contribution is -2.71. The zero-order valence-corrected chi connectivity index (χ0v) is 8.89. The van der Waals surface area contributed by atoms with E-state index >= 15 is 0 Å². The predicted molar refractivity (Wildman–Crippen MR) is 44.9 cm³/mol. The van der Waals surface area contributed by atoms with Crippen molar-refractivity contribution in [2.45, 2.75) is 36.7 Å². The van der Waals surface area contributed by atoms with Crippen LogP contribution in [0, 0.1) is 0 Å². The molecule has 2 bridgehead atoms. The van der Waals surface area contributed by atoms with Crippen LogP contribution in [0.25, 0.3) is 0 Å². The van der Waals surface area contributed by atoms with E-state index < -0.39 is 47.1 Å². The van der Waals surface area contributed by atoms with Gasteiger partial charge in [0.05, 0.1) is 0 Å². The molecule has 3 heterocycles. The van der Waals surface area contributed by atoms with Gasteiger partial charge in [-0.25, -0.2) is 8.37 Å². The molecule has 0 amide bonds. The summed E-state index contributed by atoms with van der Waals surface area (Å²) in [4.78, 5) is 0. The van der Waals surface area contributed by atoms with E-state index in [0.717, 1.165) is 0 Å². The molecule has 3 saturated heterocycles. The summed E-state index contributed by atoms with van der Waals surface area (Å²) in [5.74, 6) is -3.12. The van der Waals surface area contributed by atoms with E-state index in [0.29, 0.717) is 0 Å². The molecule has 5 N–H and O–H groups in total. The Labute approximate surface area is 94.9 Å². The van der Waals surface area contributed by atoms with Crippen molar-refractivity contribution in [3.63, 3.8) is 0 Å². The molecule has 11 heteroatoms. The molecule has 3 aliphatic heterocycles. The van der Waals surface area contributed by atoms with E-state index in [4.69, 9.17) is 0 Å². The average molecular weight is 274 g/mol. The van der Waals surface area contributed by atoms with Gasteiger partial charge in [0.1, 0.15) is 18.3 Å². The van der Waals surface area contributed by atoms with E-state index in [1.165, 1.54) is 0 Å². The maximum absolute atomic E-state index is 11.1. The van der Waals surface area contributed by atoms with Crippen LogP contribution < -0.4 is 0 Å². The van der Waals surface area contributed by atoms with Crippen LogP contribution in [0.1, 0.15) is 0 Å². The summed E-state index contributed by atoms with van der Waals surface area (Å²) in [7, 11) is -4.88. The minimum Gasteiger partial charge on any atom is -0.387 e. The second kappa shape index (κ2) is 3.81. The molecule has 6 atom stereocenters. The van der Waals surface area contributed by atoms with Crippen molar-refractivity contribution in [3.8, 4) is 0 Å². The molecule has 3 aliphatic rings. The van der Waals surface area contributed by atoms with Crippen molar-refractivity contribution in [1.29, 1.82) is 0 Å². The van der Waals surface area contributed by atoms with Crippen molar-refractivity contribution in [2.24, 2.45) is 0 Å². The summed E-state index contributed by atoms with van der Waals surface area (Å²) < 4.78 is 34.7. The fourth-order valence-electron chi connectivity index (χ4n) is 1.58. The minimum atomic E-state index is -4.88. The first-order valence-corrected chi connectivity index (χ1v) is 5.74. The number of fused-ring (bicyclic) bond motifs is 5. The summed E-state index contributed by atoms with van der Waals surface area (Å²) in [6.45, 7) is 0. The highest BCUT2D eigenvalue weighted by molar-refractivity contribution is 7.81. The Bertz CT molecular complexity index is 405. The Balaban J connectivity index is 2.48. The first kappa shape index (κ1) is 13.1. The Morgan fingerprint density at radius 2 is 1.71 bits per heavy atom. The lowest BCUT2D eigenvalue weighted by molar-refractivity contribution is -0.407. The third-order valence-corrected chi connectivity index (χ3v) is 3.36. The third-order valence-electron chi connectivity index (χ3n) is 2.46. The third kappa shape index (κ3) is 1.95. The van der Waals surface area contributed by atoms with E-state index in [1.807, 2.05) is 0 Å². The summed E-state index contributed by atoms with van der Waals surface area (Å²) in [6.07, 6.45) is -10.4. The molecular weight excluding hydrogens is 264 g/mol. The van der Waals surface area contributed by atoms with Crippen LogP contribution in [0.4, 0.5) is 0 Å². The summed E-state index contributed by atoms with van der Waals surface area (Å²) in [5, 5.41) is 47.1. The highest BCUT2D eigenvalue weighted by Crippen LogP contribution is 2.35. The predicted octanol–water partition coefficient (Wildman–Crippen LogP) is -4.28. The van der Waals surface area contributed by atoms with Gasteiger partial charge in [0.25, 0.3) is 5.79 Å². The van der Waals surface area contributed by atoms with E-state index in [2.05, 4.69) is 13.1 Å². The highest BCUT2D eigenvalue weighted by atomic mass is 32.3. The van der Waals surface area contributed by atoms with Crippen molar-refractivity contribution < 1.29 is 47.1 Å². The average Bonchev–Trinajstić information content (AvgIpc) is 2.18. The van der Waals surface area contributed by atoms with Crippen LogP contribution in [0.15, 0.2) is 0 Å². The van der Waals surface area contributed by atoms with Gasteiger partial charge in [0.2, 0.25) is 12.6 Å². The Morgan fingerprint density at radius 3 is 2.29 bits per heavy atom. The van der Waals surface area contributed by atoms with Gasteiger partial charge < -0.3 is 30.3 Å². The van der Waals surface area contributed by atoms with Gasteiger partial charge in [0, 0.05) is 0 Å². The van der Waals surface area contributed by atoms with Gasteiger partial charge in [-0.15, -0.1) is 0 Å². The first-order valence-electron chi connectivity index (χ1n) is 4.41. The highest BCUT2D eigenvalue weighted by Gasteiger charge is 2.62. The molecular formula is C6H10O10S. The summed E-state index contributed by atoms with van der Waals surface area (Å²) >= 11 is 0. The summed E-state index contributed by atoms with van der Waals surface area (Å²) in [6, 6.07) is 0. The smallest absolute Gasteiger partial charge is 0.387 e. The van der Waals surface area contributed by atoms with Crippen LogP contribution >= 0.6 is 0 Å². The quantitative estimate of drug-likeness (QED) is 0.292. The van der Waals surface area contributed by atoms with Crippen molar-refractivity contribution in [2.75, 3.05) is 0 Å². The lowest BCUT2D eigenvalue weighted by atomic mass is 9.95. The van der Waals surface area contributed by atoms with Gasteiger partial charge in [-0.2, -0.15) is 8.42 Å². The Morgan fingerprint density at radius 1 is 1.12 bits per heavy atom. The second-order valence-corrected chi connectivity index (χ2v) is 4.79. The fraction of sp³-hybridized carbons (Fsp3) is 1.00. The van der Waals surface area contributed by atoms with E-state index in [-0.39, 0.29) is 0 Å². The number of hydrogen-bond acceptors (Lipinski definition) is 10. The number of rotatable bonds is 0. The van der Waals surface area contributed by atoms with E-state index in [9.17, 15) is 34.0 Å². The fourth-order valence-corrected chi connectivity index (χ4v) is 2.48. The van der Waals surface area contributed by atoms with Gasteiger partial charge >= 0.3 is 10.4 Å². The van der Waals surface area contributed by atoms with E-state index in [1.54, 1.807) is 0 Å². The number of ether oxygens (including phenoxy) is 1. The van der Waals surface area contributed by atoms with Gasteiger partial charge in [-0.1, -0.05) is 0 Å². The van der Waals surface area contributed by atoms with Crippen LogP contribution in [-0.2, 0) is 23.5 Å². The standard InChI is InChI=1S/C6H10O10S/c7-1-2-4(9)15-17(12,13)16-6(11,3(1)8)5(10)14-2/h1-5,7-11H/t1-,2-,3-,4?,5-,6+/m0/s1. The van der Waals surface area contributed by atoms with Crippen LogP contribution in [0.5, 0.6) is 0 Å². The minimum absolute atomic E-state index is 1.76. The number of aliphatic hydroxyl groups is 5. The zero-order valence-electron chi connectivity index (χ0n) is 8.07. The normalized spacial score (nSPS) is 54.1. The molecule has 0 aromatic heterocycles. The Kier molecular flexibility index (Phi) is 2.93. The van der Waals surface area contributed by atoms with Crippen molar-refractivity contribution >= 4 is 10.4 Å². The molecule has 3 fully saturated rings. The topological polar surface area (TPSA) is 163 Å². The van der Waals surface area contributed by atoms with Gasteiger partial charge in [0.15, 0.2) is 0 Å². The molecule has 0 aromatic rings. The molecule has 1 unspecified atom stereocenters. The van der Waals surface area contributed by atoms with Crippen LogP contribution in [-0.4, -0.2) is 70.6 Å². The van der Waals surface area contributed by atoms with Gasteiger partial charge in [-0.3, -0.25) is 0 Å². The molecule has 0 radical (unpaired) electrons. The molecule has 0 aliphatic carbocycles. The molecule has 0 saturated carbocycles. The molecule has 100 valence electrons. The van der Waals surface area contributed by atoms with Gasteiger partial charge in [-0.05, 0) is 0 Å².